The van der Waals surface area contributed by atoms with Gasteiger partial charge in [0.2, 0.25) is 6.33 Å². The van der Waals surface area contributed by atoms with Gasteiger partial charge in [-0.1, -0.05) is 0 Å². The molecule has 0 radical (unpaired) electrons. The Labute approximate surface area is 92.8 Å². The largest absolute Gasteiger partial charge is 0.413 e. The van der Waals surface area contributed by atoms with Crippen molar-refractivity contribution in [1.82, 2.24) is 4.57 Å². The van der Waals surface area contributed by atoms with Crippen molar-refractivity contribution in [2.24, 2.45) is 0 Å². The Hall–Kier alpha value is -1.47. The van der Waals surface area contributed by atoms with Gasteiger partial charge in [-0.2, -0.15) is 26.3 Å². The van der Waals surface area contributed by atoms with E-state index in [0.717, 1.165) is 21.7 Å². The molecule has 8 heteroatoms. The molecule has 0 aliphatic carbocycles. The van der Waals surface area contributed by atoms with Gasteiger partial charge in [-0.15, -0.1) is 0 Å². The number of halogens is 6. The van der Waals surface area contributed by atoms with E-state index in [4.69, 9.17) is 0 Å². The molecule has 0 fully saturated rings. The second kappa shape index (κ2) is 4.80. The van der Waals surface area contributed by atoms with E-state index in [0.29, 0.717) is 0 Å². The first-order valence-electron chi connectivity index (χ1n) is 4.55. The van der Waals surface area contributed by atoms with Crippen LogP contribution in [0.3, 0.4) is 0 Å². The van der Waals surface area contributed by atoms with Crippen molar-refractivity contribution in [3.63, 3.8) is 0 Å². The molecule has 0 aliphatic rings. The fourth-order valence-electron chi connectivity index (χ4n) is 1.06. The SMILES string of the molecule is FC(F)(F)C=C[n+]1ccn(CCC(F)(F)F)c1. The molecule has 1 aromatic rings. The molecule has 0 saturated heterocycles. The Kier molecular flexibility index (Phi) is 3.84. The molecule has 0 aromatic carbocycles. The van der Waals surface area contributed by atoms with Crippen LogP contribution in [-0.2, 0) is 6.54 Å². The molecule has 0 aliphatic heterocycles. The highest BCUT2D eigenvalue weighted by Gasteiger charge is 2.28. The zero-order valence-electron chi connectivity index (χ0n) is 8.46. The summed E-state index contributed by atoms with van der Waals surface area (Å²) in [5, 5.41) is 0. The summed E-state index contributed by atoms with van der Waals surface area (Å²) in [6, 6.07) is 0. The Bertz CT molecular complexity index is 387. The summed E-state index contributed by atoms with van der Waals surface area (Å²) >= 11 is 0. The molecule has 1 aromatic heterocycles. The summed E-state index contributed by atoms with van der Waals surface area (Å²) in [7, 11) is 0. The van der Waals surface area contributed by atoms with Crippen molar-refractivity contribution >= 4 is 6.20 Å². The van der Waals surface area contributed by atoms with E-state index in [2.05, 4.69) is 0 Å². The quantitative estimate of drug-likeness (QED) is 0.583. The summed E-state index contributed by atoms with van der Waals surface area (Å²) in [6.07, 6.45) is -5.37. The summed E-state index contributed by atoms with van der Waals surface area (Å²) in [5.74, 6) is 0. The lowest BCUT2D eigenvalue weighted by Crippen LogP contribution is -2.23. The minimum absolute atomic E-state index is 0.00109. The van der Waals surface area contributed by atoms with Crippen LogP contribution in [0.5, 0.6) is 0 Å². The molecule has 17 heavy (non-hydrogen) atoms. The molecule has 1 rings (SSSR count). The van der Waals surface area contributed by atoms with E-state index in [9.17, 15) is 26.3 Å². The topological polar surface area (TPSA) is 8.81 Å². The van der Waals surface area contributed by atoms with E-state index in [1.807, 2.05) is 0 Å². The maximum absolute atomic E-state index is 11.9. The predicted molar refractivity (Wildman–Crippen MR) is 46.7 cm³/mol. The molecule has 96 valence electrons. The van der Waals surface area contributed by atoms with Crippen LogP contribution in [0.25, 0.3) is 6.20 Å². The Morgan fingerprint density at radius 2 is 1.76 bits per heavy atom. The van der Waals surface area contributed by atoms with Gasteiger partial charge in [-0.3, -0.25) is 0 Å². The van der Waals surface area contributed by atoms with Crippen molar-refractivity contribution in [3.05, 3.63) is 24.8 Å². The third kappa shape index (κ3) is 5.98. The summed E-state index contributed by atoms with van der Waals surface area (Å²) < 4.78 is 73.2. The summed E-state index contributed by atoms with van der Waals surface area (Å²) in [6.45, 7) is -0.323. The molecule has 2 nitrogen and oxygen atoms in total. The molecular weight excluding hydrogens is 250 g/mol. The Morgan fingerprint density at radius 3 is 2.29 bits per heavy atom. The molecule has 0 saturated carbocycles. The van der Waals surface area contributed by atoms with E-state index in [1.54, 1.807) is 0 Å². The Balaban J connectivity index is 2.57. The molecule has 1 heterocycles. The molecule has 0 atom stereocenters. The van der Waals surface area contributed by atoms with Crippen molar-refractivity contribution in [2.45, 2.75) is 25.3 Å². The lowest BCUT2D eigenvalue weighted by molar-refractivity contribution is -0.568. The van der Waals surface area contributed by atoms with Crippen LogP contribution >= 0.6 is 0 Å². The molecule has 0 spiro atoms. The van der Waals surface area contributed by atoms with E-state index >= 15 is 0 Å². The van der Waals surface area contributed by atoms with Crippen molar-refractivity contribution < 1.29 is 30.9 Å². The number of alkyl halides is 6. The molecule has 0 amide bonds. The number of hydrogen-bond acceptors (Lipinski definition) is 0. The molecule has 0 unspecified atom stereocenters. The highest BCUT2D eigenvalue weighted by atomic mass is 19.4. The van der Waals surface area contributed by atoms with Crippen LogP contribution in [0.2, 0.25) is 0 Å². The fourth-order valence-corrected chi connectivity index (χ4v) is 1.06. The van der Waals surface area contributed by atoms with Gasteiger partial charge in [0.25, 0.3) is 0 Å². The van der Waals surface area contributed by atoms with E-state index in [-0.39, 0.29) is 12.6 Å². The van der Waals surface area contributed by atoms with E-state index in [1.165, 1.54) is 12.4 Å². The standard InChI is InChI=1S/C9H9F6N2/c10-8(11,12)1-3-16-5-6-17(7-16)4-2-9(13,14)15/h1,3,5-7H,2,4H2/q+1. The van der Waals surface area contributed by atoms with Crippen molar-refractivity contribution in [3.8, 4) is 0 Å². The van der Waals surface area contributed by atoms with Crippen LogP contribution in [-0.4, -0.2) is 16.9 Å². The van der Waals surface area contributed by atoms with Gasteiger partial charge < -0.3 is 0 Å². The first-order chi connectivity index (χ1) is 7.66. The lowest BCUT2D eigenvalue weighted by atomic mass is 10.4. The van der Waals surface area contributed by atoms with Gasteiger partial charge in [0, 0.05) is 0 Å². The zero-order valence-corrected chi connectivity index (χ0v) is 8.46. The van der Waals surface area contributed by atoms with Gasteiger partial charge in [0.1, 0.15) is 18.6 Å². The number of aromatic nitrogens is 2. The monoisotopic (exact) mass is 259 g/mol. The van der Waals surface area contributed by atoms with Crippen LogP contribution in [0, 0.1) is 0 Å². The normalized spacial score (nSPS) is 13.5. The second-order valence-electron chi connectivity index (χ2n) is 3.32. The minimum atomic E-state index is -4.44. The smallest absolute Gasteiger partial charge is 0.236 e. The average Bonchev–Trinajstić information content (AvgIpc) is 2.57. The highest BCUT2D eigenvalue weighted by Crippen LogP contribution is 2.20. The summed E-state index contributed by atoms with van der Waals surface area (Å²) in [4.78, 5) is 0. The molecule has 0 bridgehead atoms. The molecule has 0 N–H and O–H groups in total. The van der Waals surface area contributed by atoms with Gasteiger partial charge in [-0.25, -0.2) is 9.13 Å². The minimum Gasteiger partial charge on any atom is -0.236 e. The van der Waals surface area contributed by atoms with Crippen LogP contribution in [0.15, 0.2) is 24.8 Å². The first-order valence-corrected chi connectivity index (χ1v) is 4.55. The van der Waals surface area contributed by atoms with Gasteiger partial charge in [0.15, 0.2) is 0 Å². The van der Waals surface area contributed by atoms with Crippen LogP contribution in [0.1, 0.15) is 6.42 Å². The number of nitrogens with zero attached hydrogens (tertiary/aromatic N) is 2. The number of rotatable bonds is 3. The zero-order chi connectivity index (χ0) is 13.1. The second-order valence-corrected chi connectivity index (χ2v) is 3.32. The van der Waals surface area contributed by atoms with Crippen LogP contribution in [0.4, 0.5) is 26.3 Å². The predicted octanol–water partition coefficient (Wildman–Crippen LogP) is 2.76. The third-order valence-corrected chi connectivity index (χ3v) is 1.80. The van der Waals surface area contributed by atoms with Crippen LogP contribution < -0.4 is 4.57 Å². The average molecular weight is 259 g/mol. The van der Waals surface area contributed by atoms with Crippen molar-refractivity contribution in [2.75, 3.05) is 0 Å². The first kappa shape index (κ1) is 13.6. The number of aryl methyl sites for hydroxylation is 1. The Morgan fingerprint density at radius 1 is 1.12 bits per heavy atom. The molecular formula is C9H9F6N2+. The third-order valence-electron chi connectivity index (χ3n) is 1.80. The maximum atomic E-state index is 11.9. The van der Waals surface area contributed by atoms with E-state index < -0.39 is 18.8 Å². The fraction of sp³-hybridized carbons (Fsp3) is 0.444. The lowest BCUT2D eigenvalue weighted by Gasteiger charge is -2.02. The summed E-state index contributed by atoms with van der Waals surface area (Å²) in [5.41, 5.74) is 0. The number of imidazole rings is 1. The van der Waals surface area contributed by atoms with Gasteiger partial charge in [0.05, 0.1) is 19.0 Å². The van der Waals surface area contributed by atoms with Gasteiger partial charge in [-0.05, 0) is 0 Å². The number of hydrogen-bond donors (Lipinski definition) is 0. The highest BCUT2D eigenvalue weighted by molar-refractivity contribution is 5.09. The van der Waals surface area contributed by atoms with Crippen molar-refractivity contribution in [1.29, 1.82) is 0 Å². The maximum Gasteiger partial charge on any atom is 0.413 e. The number of allylic oxidation sites excluding steroid dienone is 1. The van der Waals surface area contributed by atoms with Gasteiger partial charge >= 0.3 is 12.4 Å².